The number of amides is 3. The van der Waals surface area contributed by atoms with Crippen molar-refractivity contribution in [2.24, 2.45) is 5.92 Å². The van der Waals surface area contributed by atoms with Gasteiger partial charge < -0.3 is 15.1 Å². The molecule has 1 N–H and O–H groups in total. The van der Waals surface area contributed by atoms with Crippen molar-refractivity contribution in [1.29, 1.82) is 0 Å². The van der Waals surface area contributed by atoms with Crippen LogP contribution in [-0.4, -0.2) is 60.7 Å². The second-order valence-electron chi connectivity index (χ2n) is 6.09. The molecule has 1 rings (SSSR count). The van der Waals surface area contributed by atoms with E-state index in [4.69, 9.17) is 0 Å². The molecule has 0 aliphatic carbocycles. The molecule has 0 radical (unpaired) electrons. The van der Waals surface area contributed by atoms with Gasteiger partial charge in [0.1, 0.15) is 0 Å². The third-order valence-corrected chi connectivity index (χ3v) is 4.01. The second kappa shape index (κ2) is 8.56. The summed E-state index contributed by atoms with van der Waals surface area (Å²) in [6, 6.07) is -0.174. The quantitative estimate of drug-likeness (QED) is 0.558. The van der Waals surface area contributed by atoms with Crippen LogP contribution in [0, 0.1) is 5.92 Å². The number of hydrogen-bond donors (Lipinski definition) is 1. The van der Waals surface area contributed by atoms with Gasteiger partial charge in [0.25, 0.3) is 0 Å². The summed E-state index contributed by atoms with van der Waals surface area (Å²) in [6.07, 6.45) is 4.49. The smallest absolute Gasteiger partial charge is 0.249 e. The molecule has 0 saturated carbocycles. The summed E-state index contributed by atoms with van der Waals surface area (Å²) in [5.41, 5.74) is 0.670. The lowest BCUT2D eigenvalue weighted by Gasteiger charge is -2.30. The second-order valence-corrected chi connectivity index (χ2v) is 6.09. The average Bonchev–Trinajstić information content (AvgIpc) is 3.02. The van der Waals surface area contributed by atoms with Gasteiger partial charge in [0.05, 0.1) is 12.6 Å². The molecule has 0 spiro atoms. The Morgan fingerprint density at radius 1 is 1.27 bits per heavy atom. The largest absolute Gasteiger partial charge is 0.350 e. The highest BCUT2D eigenvalue weighted by atomic mass is 16.2. The highest BCUT2D eigenvalue weighted by molar-refractivity contribution is 5.93. The van der Waals surface area contributed by atoms with Crippen molar-refractivity contribution in [3.05, 3.63) is 11.6 Å². The third-order valence-electron chi connectivity index (χ3n) is 4.01. The number of carbonyl (C=O) groups is 3. The monoisotopic (exact) mass is 309 g/mol. The fourth-order valence-electron chi connectivity index (χ4n) is 2.67. The Bertz CT molecular complexity index is 440. The van der Waals surface area contributed by atoms with Crippen LogP contribution < -0.4 is 5.32 Å². The van der Waals surface area contributed by atoms with Gasteiger partial charge in [-0.05, 0) is 25.7 Å². The van der Waals surface area contributed by atoms with E-state index in [1.54, 1.807) is 18.9 Å². The van der Waals surface area contributed by atoms with Crippen LogP contribution in [0.1, 0.15) is 33.6 Å². The van der Waals surface area contributed by atoms with Gasteiger partial charge in [-0.15, -0.1) is 0 Å². The fraction of sp³-hybridized carbons (Fsp3) is 0.688. The molecule has 0 aromatic rings. The van der Waals surface area contributed by atoms with Crippen LogP contribution in [0.2, 0.25) is 0 Å². The highest BCUT2D eigenvalue weighted by Gasteiger charge is 2.24. The molecule has 22 heavy (non-hydrogen) atoms. The van der Waals surface area contributed by atoms with E-state index >= 15 is 0 Å². The maximum atomic E-state index is 12.4. The van der Waals surface area contributed by atoms with E-state index in [1.807, 2.05) is 24.8 Å². The van der Waals surface area contributed by atoms with Gasteiger partial charge in [-0.3, -0.25) is 14.4 Å². The van der Waals surface area contributed by atoms with Crippen molar-refractivity contribution >= 4 is 18.2 Å². The molecule has 1 atom stereocenters. The normalized spacial score (nSPS) is 16.6. The number of rotatable bonds is 7. The van der Waals surface area contributed by atoms with Gasteiger partial charge in [-0.2, -0.15) is 0 Å². The lowest BCUT2D eigenvalue weighted by molar-refractivity contribution is -0.132. The first-order valence-corrected chi connectivity index (χ1v) is 7.78. The van der Waals surface area contributed by atoms with Crippen LogP contribution in [0.4, 0.5) is 0 Å². The van der Waals surface area contributed by atoms with Gasteiger partial charge in [-0.1, -0.05) is 19.9 Å². The zero-order valence-corrected chi connectivity index (χ0v) is 14.0. The molecular weight excluding hydrogens is 282 g/mol. The summed E-state index contributed by atoms with van der Waals surface area (Å²) in [4.78, 5) is 38.1. The Morgan fingerprint density at radius 3 is 2.36 bits per heavy atom. The Balaban J connectivity index is 2.80. The van der Waals surface area contributed by atoms with Crippen LogP contribution in [0.5, 0.6) is 0 Å². The van der Waals surface area contributed by atoms with Crippen LogP contribution in [0.3, 0.4) is 0 Å². The van der Waals surface area contributed by atoms with Crippen LogP contribution in [0.25, 0.3) is 0 Å². The lowest BCUT2D eigenvalue weighted by Crippen LogP contribution is -2.43. The minimum Gasteiger partial charge on any atom is -0.350 e. The summed E-state index contributed by atoms with van der Waals surface area (Å²) >= 11 is 0. The third kappa shape index (κ3) is 4.86. The van der Waals surface area contributed by atoms with E-state index in [2.05, 4.69) is 5.32 Å². The summed E-state index contributed by atoms with van der Waals surface area (Å²) < 4.78 is 0. The fourth-order valence-corrected chi connectivity index (χ4v) is 2.67. The molecule has 124 valence electrons. The van der Waals surface area contributed by atoms with E-state index in [-0.39, 0.29) is 30.3 Å². The van der Waals surface area contributed by atoms with Crippen molar-refractivity contribution in [3.8, 4) is 0 Å². The lowest BCUT2D eigenvalue weighted by atomic mass is 9.99. The van der Waals surface area contributed by atoms with Crippen LogP contribution >= 0.6 is 0 Å². The number of carbonyl (C=O) groups excluding carboxylic acids is 3. The predicted molar refractivity (Wildman–Crippen MR) is 85.0 cm³/mol. The first-order chi connectivity index (χ1) is 10.4. The van der Waals surface area contributed by atoms with E-state index < -0.39 is 0 Å². The maximum Gasteiger partial charge on any atom is 0.249 e. The van der Waals surface area contributed by atoms with E-state index in [1.165, 1.54) is 0 Å². The molecule has 6 heteroatoms. The molecule has 0 aromatic heterocycles. The molecule has 0 unspecified atom stereocenters. The molecule has 1 saturated heterocycles. The number of likely N-dealkylation sites (N-methyl/N-ethyl adjacent to an activating group) is 1. The van der Waals surface area contributed by atoms with Gasteiger partial charge in [0.2, 0.25) is 18.2 Å². The van der Waals surface area contributed by atoms with Crippen molar-refractivity contribution in [1.82, 2.24) is 15.1 Å². The van der Waals surface area contributed by atoms with Gasteiger partial charge in [0.15, 0.2) is 0 Å². The number of hydrogen-bond acceptors (Lipinski definition) is 3. The Hall–Kier alpha value is -1.85. The maximum absolute atomic E-state index is 12.4. The standard InChI is InChI=1S/C16H27N3O3/c1-12(2)14(18(4)15(21)10-17-11-20)9-13(3)16(22)19-7-5-6-8-19/h9,11-12,14H,5-8,10H2,1-4H3,(H,17,20)/t14-/m1/s1. The molecule has 6 nitrogen and oxygen atoms in total. The zero-order chi connectivity index (χ0) is 16.7. The molecule has 1 fully saturated rings. The first-order valence-electron chi connectivity index (χ1n) is 7.78. The molecule has 3 amide bonds. The number of nitrogens with zero attached hydrogens (tertiary/aromatic N) is 2. The average molecular weight is 309 g/mol. The number of nitrogens with one attached hydrogen (secondary N) is 1. The van der Waals surface area contributed by atoms with Crippen molar-refractivity contribution in [2.45, 2.75) is 39.7 Å². The Kier molecular flexibility index (Phi) is 7.08. The topological polar surface area (TPSA) is 69.7 Å². The van der Waals surface area contributed by atoms with Crippen molar-refractivity contribution in [2.75, 3.05) is 26.7 Å². The summed E-state index contributed by atoms with van der Waals surface area (Å²) in [7, 11) is 1.70. The van der Waals surface area contributed by atoms with Crippen molar-refractivity contribution < 1.29 is 14.4 Å². The molecule has 0 aromatic carbocycles. The summed E-state index contributed by atoms with van der Waals surface area (Å²) in [5, 5.41) is 2.38. The molecular formula is C16H27N3O3. The van der Waals surface area contributed by atoms with Crippen molar-refractivity contribution in [3.63, 3.8) is 0 Å². The van der Waals surface area contributed by atoms with E-state index in [9.17, 15) is 14.4 Å². The zero-order valence-electron chi connectivity index (χ0n) is 14.0. The Labute approximate surface area is 132 Å². The minimum absolute atomic E-state index is 0.0316. The highest BCUT2D eigenvalue weighted by Crippen LogP contribution is 2.16. The Morgan fingerprint density at radius 2 is 1.86 bits per heavy atom. The predicted octanol–water partition coefficient (Wildman–Crippen LogP) is 0.784. The minimum atomic E-state index is -0.177. The SMILES string of the molecule is CC(=C[C@H](C(C)C)N(C)C(=O)CNC=O)C(=O)N1CCCC1. The molecule has 0 bridgehead atoms. The van der Waals surface area contributed by atoms with Crippen LogP contribution in [-0.2, 0) is 14.4 Å². The van der Waals surface area contributed by atoms with Gasteiger partial charge in [0, 0.05) is 25.7 Å². The number of likely N-dealkylation sites (tertiary alicyclic amines) is 1. The van der Waals surface area contributed by atoms with Crippen LogP contribution in [0.15, 0.2) is 11.6 Å². The molecule has 1 heterocycles. The van der Waals surface area contributed by atoms with Gasteiger partial charge in [-0.25, -0.2) is 0 Å². The molecule has 1 aliphatic heterocycles. The molecule has 1 aliphatic rings. The van der Waals surface area contributed by atoms with E-state index in [0.29, 0.717) is 12.0 Å². The first kappa shape index (κ1) is 18.2. The van der Waals surface area contributed by atoms with E-state index in [0.717, 1.165) is 25.9 Å². The van der Waals surface area contributed by atoms with Gasteiger partial charge >= 0.3 is 0 Å². The summed E-state index contributed by atoms with van der Waals surface area (Å²) in [6.45, 7) is 7.41. The summed E-state index contributed by atoms with van der Waals surface area (Å²) in [5.74, 6) is 0.0463.